The molecule has 7 nitrogen and oxygen atoms in total. The largest absolute Gasteiger partial charge is 0.472 e. The number of amides is 2. The summed E-state index contributed by atoms with van der Waals surface area (Å²) in [5.41, 5.74) is 7.09. The molecule has 2 amide bonds. The molecule has 2 N–H and O–H groups in total. The number of anilines is 1. The third-order valence-corrected chi connectivity index (χ3v) is 3.74. The van der Waals surface area contributed by atoms with Crippen LogP contribution >= 0.6 is 0 Å². The molecule has 0 radical (unpaired) electrons. The first kappa shape index (κ1) is 14.1. The van der Waals surface area contributed by atoms with Gasteiger partial charge in [-0.25, -0.2) is 0 Å². The summed E-state index contributed by atoms with van der Waals surface area (Å²) in [5.74, 6) is -0.543. The van der Waals surface area contributed by atoms with E-state index in [9.17, 15) is 9.59 Å². The third kappa shape index (κ3) is 2.65. The first-order valence-corrected chi connectivity index (χ1v) is 6.97. The molecule has 2 aromatic heterocycles. The Kier molecular flexibility index (Phi) is 3.78. The van der Waals surface area contributed by atoms with E-state index < -0.39 is 5.91 Å². The van der Waals surface area contributed by atoms with Crippen molar-refractivity contribution in [2.45, 2.75) is 0 Å². The Labute approximate surface area is 127 Å². The molecule has 0 aliphatic carbocycles. The van der Waals surface area contributed by atoms with E-state index in [2.05, 4.69) is 4.98 Å². The van der Waals surface area contributed by atoms with Crippen LogP contribution in [-0.2, 0) is 0 Å². The highest BCUT2D eigenvalue weighted by Gasteiger charge is 2.24. The van der Waals surface area contributed by atoms with E-state index in [4.69, 9.17) is 10.2 Å². The lowest BCUT2D eigenvalue weighted by Crippen LogP contribution is -2.49. The zero-order valence-corrected chi connectivity index (χ0v) is 11.9. The number of pyridine rings is 1. The number of piperazine rings is 1. The average molecular weight is 300 g/mol. The van der Waals surface area contributed by atoms with Crippen molar-refractivity contribution in [1.29, 1.82) is 0 Å². The van der Waals surface area contributed by atoms with Crippen LogP contribution in [0.25, 0.3) is 0 Å². The molecule has 0 aromatic carbocycles. The second kappa shape index (κ2) is 5.88. The summed E-state index contributed by atoms with van der Waals surface area (Å²) in [6.07, 6.45) is 6.04. The van der Waals surface area contributed by atoms with E-state index in [0.717, 1.165) is 5.69 Å². The van der Waals surface area contributed by atoms with Crippen molar-refractivity contribution in [3.63, 3.8) is 0 Å². The Balaban J connectivity index is 1.70. The first-order chi connectivity index (χ1) is 10.7. The smallest absolute Gasteiger partial charge is 0.257 e. The molecule has 0 saturated carbocycles. The van der Waals surface area contributed by atoms with Crippen LogP contribution in [0.1, 0.15) is 20.7 Å². The van der Waals surface area contributed by atoms with Crippen molar-refractivity contribution in [2.75, 3.05) is 31.1 Å². The van der Waals surface area contributed by atoms with Gasteiger partial charge in [-0.05, 0) is 12.1 Å². The summed E-state index contributed by atoms with van der Waals surface area (Å²) in [6, 6.07) is 3.43. The van der Waals surface area contributed by atoms with Crippen molar-refractivity contribution in [2.24, 2.45) is 5.73 Å². The van der Waals surface area contributed by atoms with Crippen LogP contribution in [0.5, 0.6) is 0 Å². The summed E-state index contributed by atoms with van der Waals surface area (Å²) >= 11 is 0. The van der Waals surface area contributed by atoms with Crippen LogP contribution in [0.15, 0.2) is 41.5 Å². The number of hydrogen-bond acceptors (Lipinski definition) is 5. The monoisotopic (exact) mass is 300 g/mol. The van der Waals surface area contributed by atoms with Crippen LogP contribution in [0.2, 0.25) is 0 Å². The van der Waals surface area contributed by atoms with Crippen molar-refractivity contribution in [3.8, 4) is 0 Å². The molecular weight excluding hydrogens is 284 g/mol. The number of rotatable bonds is 3. The fourth-order valence-corrected chi connectivity index (χ4v) is 2.57. The summed E-state index contributed by atoms with van der Waals surface area (Å²) in [4.78, 5) is 31.5. The Morgan fingerprint density at radius 1 is 1.18 bits per heavy atom. The molecule has 114 valence electrons. The number of primary amides is 1. The second-order valence-corrected chi connectivity index (χ2v) is 5.05. The quantitative estimate of drug-likeness (QED) is 0.902. The van der Waals surface area contributed by atoms with Gasteiger partial charge in [-0.2, -0.15) is 0 Å². The molecule has 3 rings (SSSR count). The lowest BCUT2D eigenvalue weighted by atomic mass is 10.1. The number of furan rings is 1. The van der Waals surface area contributed by atoms with E-state index in [-0.39, 0.29) is 5.91 Å². The maximum absolute atomic E-state index is 12.2. The molecule has 3 heterocycles. The molecule has 1 aliphatic rings. The van der Waals surface area contributed by atoms with E-state index in [1.165, 1.54) is 18.7 Å². The van der Waals surface area contributed by atoms with E-state index in [0.29, 0.717) is 37.3 Å². The zero-order valence-electron chi connectivity index (χ0n) is 11.9. The Hall–Kier alpha value is -2.83. The molecule has 1 saturated heterocycles. The lowest BCUT2D eigenvalue weighted by Gasteiger charge is -2.36. The number of nitrogens with zero attached hydrogens (tertiary/aromatic N) is 3. The highest BCUT2D eigenvalue weighted by Crippen LogP contribution is 2.21. The van der Waals surface area contributed by atoms with Crippen LogP contribution < -0.4 is 10.6 Å². The van der Waals surface area contributed by atoms with Gasteiger partial charge in [-0.15, -0.1) is 0 Å². The molecule has 0 spiro atoms. The first-order valence-electron chi connectivity index (χ1n) is 6.97. The highest BCUT2D eigenvalue weighted by atomic mass is 16.3. The summed E-state index contributed by atoms with van der Waals surface area (Å²) in [5, 5.41) is 0. The van der Waals surface area contributed by atoms with E-state index in [1.807, 2.05) is 4.90 Å². The van der Waals surface area contributed by atoms with Crippen LogP contribution in [0, 0.1) is 0 Å². The van der Waals surface area contributed by atoms with Crippen molar-refractivity contribution in [1.82, 2.24) is 9.88 Å². The van der Waals surface area contributed by atoms with Crippen LogP contribution in [0.4, 0.5) is 5.69 Å². The molecule has 1 aliphatic heterocycles. The average Bonchev–Trinajstić information content (AvgIpc) is 3.09. The number of aromatic nitrogens is 1. The molecular formula is C15H16N4O3. The van der Waals surface area contributed by atoms with Crippen LogP contribution in [-0.4, -0.2) is 47.9 Å². The van der Waals surface area contributed by atoms with Gasteiger partial charge < -0.3 is 20.0 Å². The predicted octanol–water partition coefficient (Wildman–Crippen LogP) is 0.736. The Bertz CT molecular complexity index is 676. The van der Waals surface area contributed by atoms with Gasteiger partial charge in [0, 0.05) is 38.6 Å². The van der Waals surface area contributed by atoms with Gasteiger partial charge in [0.05, 0.1) is 23.1 Å². The van der Waals surface area contributed by atoms with Crippen molar-refractivity contribution in [3.05, 3.63) is 48.2 Å². The molecule has 22 heavy (non-hydrogen) atoms. The number of hydrogen-bond donors (Lipinski definition) is 1. The summed E-state index contributed by atoms with van der Waals surface area (Å²) in [6.45, 7) is 2.41. The molecule has 7 heteroatoms. The van der Waals surface area contributed by atoms with Gasteiger partial charge in [-0.1, -0.05) is 0 Å². The molecule has 0 bridgehead atoms. The normalized spacial score (nSPS) is 14.9. The van der Waals surface area contributed by atoms with Gasteiger partial charge in [-0.3, -0.25) is 14.6 Å². The van der Waals surface area contributed by atoms with Gasteiger partial charge in [0.15, 0.2) is 0 Å². The SMILES string of the molecule is NC(=O)c1cnccc1N1CCN(C(=O)c2ccoc2)CC1. The minimum Gasteiger partial charge on any atom is -0.472 e. The van der Waals surface area contributed by atoms with Crippen LogP contribution in [0.3, 0.4) is 0 Å². The zero-order chi connectivity index (χ0) is 15.5. The van der Waals surface area contributed by atoms with E-state index >= 15 is 0 Å². The van der Waals surface area contributed by atoms with Gasteiger partial charge in [0.25, 0.3) is 11.8 Å². The maximum Gasteiger partial charge on any atom is 0.257 e. The standard InChI is InChI=1S/C15H16N4O3/c16-14(20)12-9-17-3-1-13(12)18-4-6-19(7-5-18)15(21)11-2-8-22-10-11/h1-3,8-10H,4-7H2,(H2,16,20). The Morgan fingerprint density at radius 2 is 1.95 bits per heavy atom. The Morgan fingerprint density at radius 3 is 2.59 bits per heavy atom. The number of carbonyl (C=O) groups is 2. The van der Waals surface area contributed by atoms with E-state index in [1.54, 1.807) is 23.2 Å². The maximum atomic E-state index is 12.2. The molecule has 2 aromatic rings. The van der Waals surface area contributed by atoms with Gasteiger partial charge in [0.2, 0.25) is 0 Å². The van der Waals surface area contributed by atoms with Gasteiger partial charge >= 0.3 is 0 Å². The minimum atomic E-state index is -0.500. The summed E-state index contributed by atoms with van der Waals surface area (Å²) in [7, 11) is 0. The fraction of sp³-hybridized carbons (Fsp3) is 0.267. The molecule has 0 atom stereocenters. The number of nitrogens with two attached hydrogens (primary N) is 1. The minimum absolute atomic E-state index is 0.0433. The fourth-order valence-electron chi connectivity index (χ4n) is 2.57. The summed E-state index contributed by atoms with van der Waals surface area (Å²) < 4.78 is 4.94. The second-order valence-electron chi connectivity index (χ2n) is 5.05. The van der Waals surface area contributed by atoms with Crippen molar-refractivity contribution < 1.29 is 14.0 Å². The predicted molar refractivity (Wildman–Crippen MR) is 79.6 cm³/mol. The number of carbonyl (C=O) groups excluding carboxylic acids is 2. The molecule has 1 fully saturated rings. The lowest BCUT2D eigenvalue weighted by molar-refractivity contribution is 0.0745. The third-order valence-electron chi connectivity index (χ3n) is 3.74. The van der Waals surface area contributed by atoms with Gasteiger partial charge in [0.1, 0.15) is 6.26 Å². The topological polar surface area (TPSA) is 92.7 Å². The highest BCUT2D eigenvalue weighted by molar-refractivity contribution is 5.98. The van der Waals surface area contributed by atoms with Crippen molar-refractivity contribution >= 4 is 17.5 Å². The molecule has 0 unspecified atom stereocenters.